The maximum atomic E-state index is 13.6. The average Bonchev–Trinajstić information content (AvgIpc) is 2.34. The van der Waals surface area contributed by atoms with E-state index in [-0.39, 0.29) is 21.1 Å². The number of fused-ring (bicyclic) bond motifs is 1. The van der Waals surface area contributed by atoms with E-state index < -0.39 is 23.8 Å². The Morgan fingerprint density at radius 1 is 1.22 bits per heavy atom. The summed E-state index contributed by atoms with van der Waals surface area (Å²) in [5.74, 6) is -1.80. The first-order chi connectivity index (χ1) is 8.45. The lowest BCUT2D eigenvalue weighted by Crippen LogP contribution is -2.00. The number of benzene rings is 1. The molecule has 96 valence electrons. The summed E-state index contributed by atoms with van der Waals surface area (Å²) in [4.78, 5) is 3.52. The van der Waals surface area contributed by atoms with Crippen LogP contribution in [0.15, 0.2) is 16.6 Å². The van der Waals surface area contributed by atoms with Crippen LogP contribution in [0.5, 0.6) is 0 Å². The molecule has 0 aliphatic carbocycles. The molecule has 1 aromatic heterocycles. The van der Waals surface area contributed by atoms with Gasteiger partial charge in [-0.1, -0.05) is 0 Å². The van der Waals surface area contributed by atoms with Gasteiger partial charge >= 0.3 is 0 Å². The number of aromatic nitrogens is 1. The minimum absolute atomic E-state index is 0.0171. The lowest BCUT2D eigenvalue weighted by molar-refractivity contribution is 0.146. The maximum absolute atomic E-state index is 13.6. The molecule has 0 atom stereocenters. The van der Waals surface area contributed by atoms with E-state index in [9.17, 15) is 17.6 Å². The molecule has 2 nitrogen and oxygen atoms in total. The Bertz CT molecular complexity index is 616. The highest BCUT2D eigenvalue weighted by molar-refractivity contribution is 9.10. The van der Waals surface area contributed by atoms with Gasteiger partial charge in [-0.05, 0) is 22.0 Å². The largest absolute Gasteiger partial charge is 0.387 e. The Morgan fingerprint density at radius 3 is 2.44 bits per heavy atom. The van der Waals surface area contributed by atoms with Crippen molar-refractivity contribution in [3.05, 3.63) is 33.9 Å². The molecule has 1 N–H and O–H groups in total. The van der Waals surface area contributed by atoms with Gasteiger partial charge in [0.25, 0.3) is 6.43 Å². The molecule has 0 saturated carbocycles. The molecule has 0 aliphatic heterocycles. The Hall–Kier alpha value is -1.37. The van der Waals surface area contributed by atoms with Crippen LogP contribution in [0.4, 0.5) is 23.2 Å². The number of alkyl halides is 2. The van der Waals surface area contributed by atoms with Gasteiger partial charge in [-0.3, -0.25) is 0 Å². The van der Waals surface area contributed by atoms with Crippen molar-refractivity contribution in [2.45, 2.75) is 6.43 Å². The van der Waals surface area contributed by atoms with Crippen LogP contribution >= 0.6 is 15.9 Å². The minimum atomic E-state index is -2.83. The molecule has 2 aromatic rings. The summed E-state index contributed by atoms with van der Waals surface area (Å²) >= 11 is 2.96. The predicted octanol–water partition coefficient (Wildman–Crippen LogP) is 4.25. The van der Waals surface area contributed by atoms with E-state index >= 15 is 0 Å². The molecule has 0 unspecified atom stereocenters. The zero-order valence-corrected chi connectivity index (χ0v) is 10.7. The standard InChI is InChI=1S/C11H7BrF4N2/c1-17-6-3-7(11(15)16)18-10-5(14)2-4(13)9(12)8(6)10/h2-3,11H,1H3,(H,17,18). The quantitative estimate of drug-likeness (QED) is 0.660. The number of nitrogens with zero attached hydrogens (tertiary/aromatic N) is 1. The molecule has 18 heavy (non-hydrogen) atoms. The fourth-order valence-electron chi connectivity index (χ4n) is 1.63. The Balaban J connectivity index is 2.91. The number of nitrogens with one attached hydrogen (secondary N) is 1. The molecule has 0 spiro atoms. The smallest absolute Gasteiger partial charge is 0.280 e. The van der Waals surface area contributed by atoms with Gasteiger partial charge in [0, 0.05) is 24.2 Å². The summed E-state index contributed by atoms with van der Waals surface area (Å²) in [6, 6.07) is 1.67. The number of pyridine rings is 1. The predicted molar refractivity (Wildman–Crippen MR) is 63.9 cm³/mol. The fraction of sp³-hybridized carbons (Fsp3) is 0.182. The molecule has 0 aliphatic rings. The van der Waals surface area contributed by atoms with Crippen LogP contribution in [0.25, 0.3) is 10.9 Å². The van der Waals surface area contributed by atoms with Crippen LogP contribution in [0.2, 0.25) is 0 Å². The maximum Gasteiger partial charge on any atom is 0.280 e. The third-order valence-electron chi connectivity index (χ3n) is 2.44. The number of hydrogen-bond donors (Lipinski definition) is 1. The first-order valence-electron chi connectivity index (χ1n) is 4.89. The van der Waals surface area contributed by atoms with Crippen molar-refractivity contribution in [3.8, 4) is 0 Å². The number of rotatable bonds is 2. The van der Waals surface area contributed by atoms with Crippen LogP contribution in [-0.2, 0) is 0 Å². The van der Waals surface area contributed by atoms with Crippen molar-refractivity contribution in [2.24, 2.45) is 0 Å². The second-order valence-corrected chi connectivity index (χ2v) is 4.32. The third-order valence-corrected chi connectivity index (χ3v) is 3.22. The first-order valence-corrected chi connectivity index (χ1v) is 5.69. The van der Waals surface area contributed by atoms with E-state index in [2.05, 4.69) is 26.2 Å². The zero-order valence-electron chi connectivity index (χ0n) is 9.07. The summed E-state index contributed by atoms with van der Waals surface area (Å²) in [5, 5.41) is 2.72. The van der Waals surface area contributed by atoms with Crippen molar-refractivity contribution in [1.29, 1.82) is 0 Å². The molecule has 1 aromatic carbocycles. The second kappa shape index (κ2) is 4.72. The van der Waals surface area contributed by atoms with Gasteiger partial charge in [-0.2, -0.15) is 0 Å². The highest BCUT2D eigenvalue weighted by Gasteiger charge is 2.19. The molecule has 0 saturated heterocycles. The van der Waals surface area contributed by atoms with Gasteiger partial charge in [-0.25, -0.2) is 22.5 Å². The summed E-state index contributed by atoms with van der Waals surface area (Å²) in [6.45, 7) is 0. The zero-order chi connectivity index (χ0) is 13.4. The summed E-state index contributed by atoms with van der Waals surface area (Å²) in [5.41, 5.74) is -0.685. The Labute approximate surface area is 108 Å². The lowest BCUT2D eigenvalue weighted by atomic mass is 10.1. The SMILES string of the molecule is CNc1cc(C(F)F)nc2c(F)cc(F)c(Br)c12. The summed E-state index contributed by atoms with van der Waals surface area (Å²) < 4.78 is 52.2. The van der Waals surface area contributed by atoms with Gasteiger partial charge in [0.15, 0.2) is 5.82 Å². The molecule has 1 heterocycles. The van der Waals surface area contributed by atoms with E-state index in [1.165, 1.54) is 7.05 Å². The average molecular weight is 323 g/mol. The highest BCUT2D eigenvalue weighted by Crippen LogP contribution is 2.35. The van der Waals surface area contributed by atoms with Gasteiger partial charge in [-0.15, -0.1) is 0 Å². The van der Waals surface area contributed by atoms with Crippen molar-refractivity contribution >= 4 is 32.5 Å². The Kier molecular flexibility index (Phi) is 3.43. The molecule has 0 radical (unpaired) electrons. The number of halogens is 5. The lowest BCUT2D eigenvalue weighted by Gasteiger charge is -2.11. The van der Waals surface area contributed by atoms with E-state index in [1.54, 1.807) is 0 Å². The summed E-state index contributed by atoms with van der Waals surface area (Å²) in [6.07, 6.45) is -2.83. The van der Waals surface area contributed by atoms with Crippen LogP contribution in [0.3, 0.4) is 0 Å². The topological polar surface area (TPSA) is 24.9 Å². The third kappa shape index (κ3) is 2.03. The molecule has 0 bridgehead atoms. The molecule has 2 rings (SSSR count). The van der Waals surface area contributed by atoms with E-state index in [1.807, 2.05) is 0 Å². The molecule has 0 fully saturated rings. The van der Waals surface area contributed by atoms with E-state index in [0.717, 1.165) is 6.07 Å². The van der Waals surface area contributed by atoms with Gasteiger partial charge in [0.05, 0.1) is 4.47 Å². The molecule has 7 heteroatoms. The van der Waals surface area contributed by atoms with Crippen molar-refractivity contribution in [3.63, 3.8) is 0 Å². The van der Waals surface area contributed by atoms with Crippen LogP contribution in [-0.4, -0.2) is 12.0 Å². The van der Waals surface area contributed by atoms with Crippen LogP contribution < -0.4 is 5.32 Å². The van der Waals surface area contributed by atoms with E-state index in [0.29, 0.717) is 6.07 Å². The van der Waals surface area contributed by atoms with Crippen molar-refractivity contribution in [1.82, 2.24) is 4.98 Å². The fourth-order valence-corrected chi connectivity index (χ4v) is 2.15. The minimum Gasteiger partial charge on any atom is -0.387 e. The van der Waals surface area contributed by atoms with Crippen molar-refractivity contribution < 1.29 is 17.6 Å². The van der Waals surface area contributed by atoms with E-state index in [4.69, 9.17) is 0 Å². The summed E-state index contributed by atoms with van der Waals surface area (Å²) in [7, 11) is 1.47. The number of anilines is 1. The molecular formula is C11H7BrF4N2. The van der Waals surface area contributed by atoms with Gasteiger partial charge in [0.1, 0.15) is 17.0 Å². The van der Waals surface area contributed by atoms with Gasteiger partial charge < -0.3 is 5.32 Å². The van der Waals surface area contributed by atoms with Crippen LogP contribution in [0, 0.1) is 11.6 Å². The number of hydrogen-bond acceptors (Lipinski definition) is 2. The second-order valence-electron chi connectivity index (χ2n) is 3.52. The van der Waals surface area contributed by atoms with Gasteiger partial charge in [0.2, 0.25) is 0 Å². The van der Waals surface area contributed by atoms with Crippen molar-refractivity contribution in [2.75, 3.05) is 12.4 Å². The first kappa shape index (κ1) is 13.1. The highest BCUT2D eigenvalue weighted by atomic mass is 79.9. The monoisotopic (exact) mass is 322 g/mol. The molecule has 0 amide bonds. The molecular weight excluding hydrogens is 316 g/mol. The van der Waals surface area contributed by atoms with Crippen LogP contribution in [0.1, 0.15) is 12.1 Å². The normalized spacial score (nSPS) is 11.3. The Morgan fingerprint density at radius 2 is 1.89 bits per heavy atom.